The molecule has 0 spiro atoms. The van der Waals surface area contributed by atoms with Crippen LogP contribution in [0.15, 0.2) is 103 Å². The molecule has 0 heterocycles. The highest BCUT2D eigenvalue weighted by atomic mass is 35.9. The first kappa shape index (κ1) is 82.7. The Morgan fingerprint density at radius 1 is 0.347 bits per heavy atom. The van der Waals surface area contributed by atoms with Gasteiger partial charge in [-0.1, -0.05) is 175 Å². The van der Waals surface area contributed by atoms with Crippen molar-refractivity contribution in [1.82, 2.24) is 0 Å². The second kappa shape index (κ2) is 32.7. The summed E-state index contributed by atoms with van der Waals surface area (Å²) in [5.74, 6) is 3.80. The maximum absolute atomic E-state index is 13.3. The summed E-state index contributed by atoms with van der Waals surface area (Å²) in [6, 6.07) is 34.2. The van der Waals surface area contributed by atoms with E-state index in [-0.39, 0.29) is 36.5 Å². The topological polar surface area (TPSA) is 128 Å². The van der Waals surface area contributed by atoms with Crippen LogP contribution in [0.3, 0.4) is 0 Å². The molecule has 0 aliphatic rings. The van der Waals surface area contributed by atoms with E-state index >= 15 is 0 Å². The first-order valence-corrected chi connectivity index (χ1v) is 35.6. The van der Waals surface area contributed by atoms with Crippen molar-refractivity contribution in [3.8, 4) is 62.5 Å². The minimum atomic E-state index is -2.04. The first-order valence-electron chi connectivity index (χ1n) is 31.5. The molecule has 0 fully saturated rings. The zero-order valence-electron chi connectivity index (χ0n) is 60.5. The number of phenolic OH excluding ortho intramolecular Hbond substituents is 1. The summed E-state index contributed by atoms with van der Waals surface area (Å²) in [5.41, 5.74) is 14.5. The summed E-state index contributed by atoms with van der Waals surface area (Å²) < 4.78 is 49.7. The summed E-state index contributed by atoms with van der Waals surface area (Å²) in [5, 5.41) is 9.04. The Morgan fingerprint density at radius 3 is 0.884 bits per heavy atom. The highest BCUT2D eigenvalue weighted by Crippen LogP contribution is 2.56. The molecule has 0 saturated heterocycles. The average Bonchev–Trinajstić information content (AvgIpc) is 0.763. The fraction of sp³-hybridized carbons (Fsp3) is 0.450. The van der Waals surface area contributed by atoms with Crippen molar-refractivity contribution < 1.29 is 51.7 Å². The van der Waals surface area contributed by atoms with Gasteiger partial charge in [-0.2, -0.15) is 0 Å². The van der Waals surface area contributed by atoms with E-state index in [1.807, 2.05) is 123 Å². The Hall–Kier alpha value is -6.48. The molecule has 7 rings (SSSR count). The lowest BCUT2D eigenvalue weighted by Crippen LogP contribution is -2.27. The summed E-state index contributed by atoms with van der Waals surface area (Å²) in [4.78, 5) is 26.2. The number of aryl methyl sites for hydroxylation is 10. The van der Waals surface area contributed by atoms with E-state index in [0.29, 0.717) is 40.2 Å². The van der Waals surface area contributed by atoms with Gasteiger partial charge < -0.3 is 42.1 Å². The van der Waals surface area contributed by atoms with Crippen LogP contribution < -0.4 is 27.6 Å². The van der Waals surface area contributed by atoms with Gasteiger partial charge in [0.25, 0.3) is 6.85 Å². The van der Waals surface area contributed by atoms with Crippen molar-refractivity contribution in [3.05, 3.63) is 181 Å². The number of carbonyl (C=O) groups excluding carboxylic acids is 2. The molecule has 0 aliphatic carbocycles. The summed E-state index contributed by atoms with van der Waals surface area (Å²) in [6.45, 7) is 54.8. The van der Waals surface area contributed by atoms with Crippen LogP contribution in [-0.2, 0) is 31.1 Å². The largest absolute Gasteiger partial charge is 0.530 e. The molecule has 11 nitrogen and oxygen atoms in total. The quantitative estimate of drug-likeness (QED) is 0.0713. The standard InChI is InChI=1S/C43H55O6P.C27H37Cl2O4P.C8H10O.2CH4/c1-26-16-18-36(30(5)20-26)47-50(48-37-19-17-27(2)21-31(37)6)49-39-33(23-29(4)25-35(39)42(10,11)12)32-22-28(3)24-34(41(7,8)9)38(32)45-40(44)46-43(13,14)15;1-16-12-18(19-13-17(2)15-21(26(6,7)8)23(19)33-34(28)29)22(20(14-16)25(3,4)5)31-24(30)32-27(9,10)11;1-6-3-4-8(9)7(2)5-6;;/h16-25H,1-15H3;12-15H,1-11H3;3-5,9H,1-2H3;2*1H4. The van der Waals surface area contributed by atoms with Crippen molar-refractivity contribution in [3.63, 3.8) is 0 Å². The van der Waals surface area contributed by atoms with Crippen molar-refractivity contribution in [1.29, 1.82) is 0 Å². The number of phenols is 1. The van der Waals surface area contributed by atoms with Crippen LogP contribution in [-0.4, -0.2) is 28.6 Å². The van der Waals surface area contributed by atoms with Gasteiger partial charge in [-0.25, -0.2) is 9.59 Å². The maximum Gasteiger partial charge on any atom is 0.530 e. The van der Waals surface area contributed by atoms with Crippen LogP contribution in [0.25, 0.3) is 22.3 Å². The molecule has 0 radical (unpaired) electrons. The van der Waals surface area contributed by atoms with E-state index in [1.165, 1.54) is 5.56 Å². The molecule has 7 aromatic rings. The van der Waals surface area contributed by atoms with Crippen LogP contribution in [0, 0.1) is 69.2 Å². The van der Waals surface area contributed by atoms with Crippen LogP contribution in [0.5, 0.6) is 40.2 Å². The monoisotopic (exact) mass is 1380 g/mol. The normalized spacial score (nSPS) is 11.8. The van der Waals surface area contributed by atoms with Crippen LogP contribution >= 0.6 is 37.9 Å². The Kier molecular flexibility index (Phi) is 28.5. The number of hydrogen-bond donors (Lipinski definition) is 1. The van der Waals surface area contributed by atoms with Crippen molar-refractivity contribution >= 4 is 50.2 Å². The van der Waals surface area contributed by atoms with Crippen molar-refractivity contribution in [2.24, 2.45) is 0 Å². The highest BCUT2D eigenvalue weighted by Gasteiger charge is 2.35. The van der Waals surface area contributed by atoms with E-state index in [4.69, 9.17) is 64.6 Å². The van der Waals surface area contributed by atoms with E-state index in [9.17, 15) is 9.59 Å². The molecule has 95 heavy (non-hydrogen) atoms. The second-order valence-electron chi connectivity index (χ2n) is 30.5. The Balaban J connectivity index is 0.000000450. The van der Waals surface area contributed by atoms with Crippen LogP contribution in [0.2, 0.25) is 0 Å². The molecular formula is C80H110Cl2O11P2. The smallest absolute Gasteiger partial charge is 0.508 e. The predicted octanol–water partition coefficient (Wildman–Crippen LogP) is 26.1. The molecule has 0 atom stereocenters. The van der Waals surface area contributed by atoms with Gasteiger partial charge in [0.1, 0.15) is 51.4 Å². The van der Waals surface area contributed by atoms with E-state index in [0.717, 1.165) is 94.6 Å². The van der Waals surface area contributed by atoms with Gasteiger partial charge in [0.2, 0.25) is 0 Å². The van der Waals surface area contributed by atoms with Crippen molar-refractivity contribution in [2.45, 2.75) is 242 Å². The minimum Gasteiger partial charge on any atom is -0.508 e. The lowest BCUT2D eigenvalue weighted by atomic mass is 9.80. The summed E-state index contributed by atoms with van der Waals surface area (Å²) >= 11 is 12.3. The first-order chi connectivity index (χ1) is 42.5. The van der Waals surface area contributed by atoms with E-state index in [2.05, 4.69) is 147 Å². The molecule has 0 amide bonds. The van der Waals surface area contributed by atoms with Gasteiger partial charge in [-0.3, -0.25) is 0 Å². The number of rotatable bonds is 12. The van der Waals surface area contributed by atoms with Gasteiger partial charge >= 0.3 is 20.9 Å². The number of ether oxygens (including phenoxy) is 4. The molecule has 15 heteroatoms. The van der Waals surface area contributed by atoms with Crippen LogP contribution in [0.4, 0.5) is 9.59 Å². The number of benzene rings is 7. The summed E-state index contributed by atoms with van der Waals surface area (Å²) in [6.07, 6.45) is -1.52. The van der Waals surface area contributed by atoms with Gasteiger partial charge in [0.05, 0.1) is 0 Å². The number of hydrogen-bond acceptors (Lipinski definition) is 11. The van der Waals surface area contributed by atoms with E-state index in [1.54, 1.807) is 26.8 Å². The molecule has 520 valence electrons. The van der Waals surface area contributed by atoms with Gasteiger partial charge in [-0.05, 0) is 236 Å². The lowest BCUT2D eigenvalue weighted by molar-refractivity contribution is 0.0190. The molecule has 0 aromatic heterocycles. The Morgan fingerprint density at radius 2 is 0.621 bits per heavy atom. The zero-order valence-corrected chi connectivity index (χ0v) is 63.8. The number of aromatic hydroxyl groups is 1. The summed E-state index contributed by atoms with van der Waals surface area (Å²) in [7, 11) is -2.04. The lowest BCUT2D eigenvalue weighted by Gasteiger charge is -2.30. The van der Waals surface area contributed by atoms with Crippen LogP contribution in [0.1, 0.15) is 217 Å². The number of carbonyl (C=O) groups is 2. The molecular weight excluding hydrogens is 1270 g/mol. The SMILES string of the molecule is C.C.Cc1cc(-c2cc(C)cc(C(C)(C)C)c2OP(Cl)Cl)c(OC(=O)OC(C)(C)C)c(C(C)(C)C)c1.Cc1ccc(O)c(C)c1.Cc1ccc(OP(Oc2ccc(C)cc2C)Oc2c(-c3cc(C)cc(C(C)(C)C)c3OC(=O)OC(C)(C)C)cc(C)cc2C(C)(C)C)c(C)c1. The molecule has 0 saturated carbocycles. The Labute approximate surface area is 583 Å². The molecule has 0 aliphatic heterocycles. The van der Waals surface area contributed by atoms with Gasteiger partial charge in [-0.15, -0.1) is 0 Å². The third kappa shape index (κ3) is 24.2. The average molecular weight is 1380 g/mol. The second-order valence-corrected chi connectivity index (χ2v) is 34.5. The maximum atomic E-state index is 13.3. The predicted molar refractivity (Wildman–Crippen MR) is 402 cm³/mol. The fourth-order valence-electron chi connectivity index (χ4n) is 10.2. The zero-order chi connectivity index (χ0) is 70.4. The third-order valence-electron chi connectivity index (χ3n) is 14.6. The van der Waals surface area contributed by atoms with E-state index < -0.39 is 39.0 Å². The Bertz CT molecular complexity index is 3750. The molecule has 0 bridgehead atoms. The third-order valence-corrected chi connectivity index (χ3v) is 16.3. The fourth-order valence-corrected chi connectivity index (χ4v) is 12.2. The number of halogens is 2. The molecule has 7 aromatic carbocycles. The molecule has 0 unspecified atom stereocenters. The van der Waals surface area contributed by atoms with Gasteiger partial charge in [0, 0.05) is 44.5 Å². The molecule has 1 N–H and O–H groups in total. The minimum absolute atomic E-state index is 0. The van der Waals surface area contributed by atoms with Crippen molar-refractivity contribution in [2.75, 3.05) is 0 Å². The van der Waals surface area contributed by atoms with Gasteiger partial charge in [0.15, 0.2) is 0 Å². The highest BCUT2D eigenvalue weighted by molar-refractivity contribution is 8.00.